The van der Waals surface area contributed by atoms with Crippen LogP contribution in [0.2, 0.25) is 0 Å². The van der Waals surface area contributed by atoms with Gasteiger partial charge >= 0.3 is 5.69 Å². The van der Waals surface area contributed by atoms with Crippen molar-refractivity contribution in [3.8, 4) is 11.1 Å². The lowest BCUT2D eigenvalue weighted by Crippen LogP contribution is -2.21. The van der Waals surface area contributed by atoms with Gasteiger partial charge in [-0.1, -0.05) is 17.7 Å². The molecule has 0 saturated carbocycles. The number of hydrogen-bond donors (Lipinski definition) is 3. The molecule has 0 aliphatic carbocycles. The summed E-state index contributed by atoms with van der Waals surface area (Å²) in [6.45, 7) is 1.83. The average molecular weight is 456 g/mol. The lowest BCUT2D eigenvalue weighted by Gasteiger charge is -2.08. The van der Waals surface area contributed by atoms with Crippen LogP contribution in [-0.2, 0) is 9.84 Å². The van der Waals surface area contributed by atoms with Crippen LogP contribution in [0.4, 0.5) is 11.6 Å². The third-order valence-electron chi connectivity index (χ3n) is 4.76. The number of nitro benzene ring substituents is 1. The summed E-state index contributed by atoms with van der Waals surface area (Å²) < 4.78 is 31.0. The van der Waals surface area contributed by atoms with E-state index in [9.17, 15) is 28.1 Å². The minimum absolute atomic E-state index is 0.0336. The van der Waals surface area contributed by atoms with Gasteiger partial charge in [0.25, 0.3) is 11.2 Å². The molecule has 2 heterocycles. The number of hydrogen-bond acceptors (Lipinski definition) is 8. The van der Waals surface area contributed by atoms with Gasteiger partial charge in [0.05, 0.1) is 15.4 Å². The highest BCUT2D eigenvalue weighted by molar-refractivity contribution is 7.91. The van der Waals surface area contributed by atoms with Gasteiger partial charge in [0.1, 0.15) is 11.3 Å². The Morgan fingerprint density at radius 3 is 2.31 bits per heavy atom. The first-order chi connectivity index (χ1) is 15.2. The van der Waals surface area contributed by atoms with E-state index in [0.717, 1.165) is 5.56 Å². The number of sulfone groups is 1. The van der Waals surface area contributed by atoms with Crippen molar-refractivity contribution >= 4 is 32.5 Å². The highest BCUT2D eigenvalue weighted by Gasteiger charge is 2.23. The number of aromatic nitrogens is 2. The number of aromatic amines is 2. The van der Waals surface area contributed by atoms with Crippen molar-refractivity contribution < 1.29 is 17.8 Å². The molecule has 3 N–H and O–H groups in total. The second kappa shape index (κ2) is 7.81. The lowest BCUT2D eigenvalue weighted by molar-refractivity contribution is -0.384. The molecule has 4 aromatic rings. The van der Waals surface area contributed by atoms with E-state index in [-0.39, 0.29) is 33.1 Å². The molecule has 0 aliphatic heterocycles. The minimum Gasteiger partial charge on any atom is -0.423 e. The van der Waals surface area contributed by atoms with Gasteiger partial charge in [0, 0.05) is 12.1 Å². The van der Waals surface area contributed by atoms with Crippen molar-refractivity contribution in [2.75, 3.05) is 11.2 Å². The highest BCUT2D eigenvalue weighted by Crippen LogP contribution is 2.36. The van der Waals surface area contributed by atoms with E-state index < -0.39 is 31.9 Å². The van der Waals surface area contributed by atoms with Gasteiger partial charge < -0.3 is 9.73 Å². The van der Waals surface area contributed by atoms with Gasteiger partial charge in [-0.3, -0.25) is 24.9 Å². The molecule has 0 spiro atoms. The first-order valence-electron chi connectivity index (χ1n) is 9.23. The molecule has 0 amide bonds. The van der Waals surface area contributed by atoms with E-state index in [4.69, 9.17) is 4.42 Å². The molecule has 0 saturated heterocycles. The fourth-order valence-corrected chi connectivity index (χ4v) is 4.21. The Balaban J connectivity index is 1.80. The topological polar surface area (TPSA) is 168 Å². The Kier molecular flexibility index (Phi) is 5.14. The predicted octanol–water partition coefficient (Wildman–Crippen LogP) is 2.54. The van der Waals surface area contributed by atoms with Gasteiger partial charge in [-0.2, -0.15) is 0 Å². The summed E-state index contributed by atoms with van der Waals surface area (Å²) in [7, 11) is -3.77. The number of nitro groups is 1. The van der Waals surface area contributed by atoms with Gasteiger partial charge in [-0.15, -0.1) is 0 Å². The van der Waals surface area contributed by atoms with Crippen molar-refractivity contribution in [1.29, 1.82) is 0 Å². The van der Waals surface area contributed by atoms with Crippen LogP contribution in [0.3, 0.4) is 0 Å². The zero-order valence-corrected chi connectivity index (χ0v) is 17.4. The van der Waals surface area contributed by atoms with E-state index in [0.29, 0.717) is 5.56 Å². The Morgan fingerprint density at radius 1 is 1.03 bits per heavy atom. The summed E-state index contributed by atoms with van der Waals surface area (Å²) in [5.74, 6) is -0.644. The van der Waals surface area contributed by atoms with Crippen LogP contribution in [0.1, 0.15) is 5.56 Å². The number of anilines is 1. The number of rotatable bonds is 6. The maximum absolute atomic E-state index is 12.7. The lowest BCUT2D eigenvalue weighted by atomic mass is 10.1. The van der Waals surface area contributed by atoms with Crippen LogP contribution in [0.5, 0.6) is 0 Å². The van der Waals surface area contributed by atoms with E-state index in [1.807, 2.05) is 6.92 Å². The second-order valence-electron chi connectivity index (χ2n) is 6.97. The maximum Gasteiger partial charge on any atom is 0.328 e. The number of benzene rings is 2. The molecular formula is C20H16N4O7S. The zero-order valence-electron chi connectivity index (χ0n) is 16.5. The predicted molar refractivity (Wildman–Crippen MR) is 116 cm³/mol. The van der Waals surface area contributed by atoms with Crippen LogP contribution < -0.4 is 16.6 Å². The molecule has 0 aliphatic rings. The first-order valence-corrected chi connectivity index (χ1v) is 10.9. The van der Waals surface area contributed by atoms with Gasteiger partial charge in [0.2, 0.25) is 11.6 Å². The Bertz CT molecular complexity index is 1550. The number of non-ortho nitro benzene ring substituents is 1. The summed E-state index contributed by atoms with van der Waals surface area (Å²) in [5, 5.41) is 13.6. The van der Waals surface area contributed by atoms with E-state index >= 15 is 0 Å². The number of fused-ring (bicyclic) bond motifs is 1. The Labute approximate surface area is 179 Å². The summed E-state index contributed by atoms with van der Waals surface area (Å²) in [6, 6.07) is 11.6. The molecule has 0 radical (unpaired) electrons. The molecule has 164 valence electrons. The maximum atomic E-state index is 12.7. The fourth-order valence-electron chi connectivity index (χ4n) is 3.18. The van der Waals surface area contributed by atoms with Crippen molar-refractivity contribution in [2.24, 2.45) is 0 Å². The molecule has 11 nitrogen and oxygen atoms in total. The molecule has 0 atom stereocenters. The molecule has 12 heteroatoms. The van der Waals surface area contributed by atoms with Crippen LogP contribution in [0.25, 0.3) is 22.2 Å². The largest absolute Gasteiger partial charge is 0.423 e. The van der Waals surface area contributed by atoms with Crippen LogP contribution in [-0.4, -0.2) is 29.2 Å². The summed E-state index contributed by atoms with van der Waals surface area (Å²) in [4.78, 5) is 39.0. The Morgan fingerprint density at radius 2 is 1.69 bits per heavy atom. The third-order valence-corrected chi connectivity index (χ3v) is 6.27. The number of nitrogens with one attached hydrogen (secondary N) is 3. The molecule has 0 bridgehead atoms. The van der Waals surface area contributed by atoms with Crippen molar-refractivity contribution in [3.63, 3.8) is 0 Å². The van der Waals surface area contributed by atoms with Crippen LogP contribution in [0.15, 0.2) is 67.4 Å². The standard InChI is InChI=1S/C20H16N4O7S/c1-11-2-8-14(9-3-11)32(29,30)10-21-18-15(12-4-6-13(7-5-12)24(27)28)16-17(25)22-20(26)23-19(16)31-18/h2-9,21H,10H2,1H3,(H2,22,23,25,26). The first kappa shape index (κ1) is 21.1. The molecule has 4 rings (SSSR count). The van der Waals surface area contributed by atoms with E-state index in [1.165, 1.54) is 36.4 Å². The van der Waals surface area contributed by atoms with Crippen LogP contribution >= 0.6 is 0 Å². The highest BCUT2D eigenvalue weighted by atomic mass is 32.2. The number of H-pyrrole nitrogens is 2. The monoisotopic (exact) mass is 456 g/mol. The van der Waals surface area contributed by atoms with Crippen molar-refractivity contribution in [1.82, 2.24) is 9.97 Å². The molecule has 0 fully saturated rings. The van der Waals surface area contributed by atoms with E-state index in [2.05, 4.69) is 15.3 Å². The third kappa shape index (κ3) is 3.90. The second-order valence-corrected chi connectivity index (χ2v) is 8.96. The SMILES string of the molecule is Cc1ccc(S(=O)(=O)CNc2oc3[nH]c(=O)[nH]c(=O)c3c2-c2ccc([N+](=O)[O-])cc2)cc1. The van der Waals surface area contributed by atoms with Crippen molar-refractivity contribution in [2.45, 2.75) is 11.8 Å². The number of furan rings is 1. The zero-order chi connectivity index (χ0) is 23.0. The minimum atomic E-state index is -3.77. The molecule has 32 heavy (non-hydrogen) atoms. The normalized spacial score (nSPS) is 11.5. The van der Waals surface area contributed by atoms with Gasteiger partial charge in [-0.25, -0.2) is 13.2 Å². The van der Waals surface area contributed by atoms with Crippen molar-refractivity contribution in [3.05, 3.63) is 85.0 Å². The van der Waals surface area contributed by atoms with Gasteiger partial charge in [-0.05, 0) is 36.8 Å². The smallest absolute Gasteiger partial charge is 0.328 e. The molecule has 0 unspecified atom stereocenters. The quantitative estimate of drug-likeness (QED) is 0.294. The summed E-state index contributed by atoms with van der Waals surface area (Å²) in [6.07, 6.45) is 0. The summed E-state index contributed by atoms with van der Waals surface area (Å²) >= 11 is 0. The molecule has 2 aromatic heterocycles. The van der Waals surface area contributed by atoms with E-state index in [1.54, 1.807) is 12.1 Å². The average Bonchev–Trinajstić information content (AvgIpc) is 3.11. The molecule has 2 aromatic carbocycles. The van der Waals surface area contributed by atoms with Gasteiger partial charge in [0.15, 0.2) is 9.84 Å². The fraction of sp³-hybridized carbons (Fsp3) is 0.100. The summed E-state index contributed by atoms with van der Waals surface area (Å²) in [5.41, 5.74) is -0.477. The number of nitrogens with zero attached hydrogens (tertiary/aromatic N) is 1. The number of aryl methyl sites for hydroxylation is 1. The Hall–Kier alpha value is -4.19. The van der Waals surface area contributed by atoms with Crippen LogP contribution in [0, 0.1) is 17.0 Å². The molecular weight excluding hydrogens is 440 g/mol.